The van der Waals surface area contributed by atoms with Gasteiger partial charge >= 0.3 is 0 Å². The molecular weight excluding hydrogens is 288 g/mol. The molecule has 0 aliphatic carbocycles. The largest absolute Gasteiger partial charge is 0.340 e. The van der Waals surface area contributed by atoms with Gasteiger partial charge in [0, 0.05) is 31.2 Å². The van der Waals surface area contributed by atoms with Gasteiger partial charge < -0.3 is 9.80 Å². The van der Waals surface area contributed by atoms with Gasteiger partial charge in [-0.3, -0.25) is 9.59 Å². The van der Waals surface area contributed by atoms with Crippen molar-refractivity contribution in [1.82, 2.24) is 4.90 Å². The number of anilines is 1. The first-order chi connectivity index (χ1) is 11.0. The molecule has 0 unspecified atom stereocenters. The monoisotopic (exact) mass is 314 g/mol. The van der Waals surface area contributed by atoms with Gasteiger partial charge in [-0.15, -0.1) is 0 Å². The predicted octanol–water partition coefficient (Wildman–Crippen LogP) is 3.06. The van der Waals surface area contributed by atoms with Crippen LogP contribution in [0.15, 0.2) is 18.2 Å². The minimum atomic E-state index is -0.191. The smallest absolute Gasteiger partial charge is 0.228 e. The Morgan fingerprint density at radius 2 is 2.00 bits per heavy atom. The first-order valence-corrected chi connectivity index (χ1v) is 8.65. The Morgan fingerprint density at radius 3 is 2.70 bits per heavy atom. The van der Waals surface area contributed by atoms with Crippen molar-refractivity contribution in [3.05, 3.63) is 29.3 Å². The van der Waals surface area contributed by atoms with Gasteiger partial charge in [0.05, 0.1) is 5.92 Å². The Bertz CT molecular complexity index is 626. The van der Waals surface area contributed by atoms with E-state index in [1.807, 2.05) is 30.9 Å². The number of carbonyl (C=O) groups excluding carboxylic acids is 2. The summed E-state index contributed by atoms with van der Waals surface area (Å²) in [6.07, 6.45) is 3.70. The third-order valence-corrected chi connectivity index (χ3v) is 5.20. The molecule has 3 rings (SSSR count). The van der Waals surface area contributed by atoms with E-state index in [1.165, 1.54) is 12.0 Å². The average molecular weight is 314 g/mol. The lowest BCUT2D eigenvalue weighted by atomic mass is 9.99. The molecule has 2 atom stereocenters. The minimum Gasteiger partial charge on any atom is -0.340 e. The van der Waals surface area contributed by atoms with Crippen LogP contribution in [0.25, 0.3) is 0 Å². The third kappa shape index (κ3) is 3.12. The molecule has 2 heterocycles. The molecule has 0 spiro atoms. The molecule has 0 saturated carbocycles. The highest BCUT2D eigenvalue weighted by Crippen LogP contribution is 2.30. The Balaban J connectivity index is 1.75. The average Bonchev–Trinajstić information content (AvgIpc) is 2.89. The normalized spacial score (nSPS) is 25.1. The lowest BCUT2D eigenvalue weighted by molar-refractivity contribution is -0.139. The van der Waals surface area contributed by atoms with Crippen LogP contribution in [0.5, 0.6) is 0 Å². The van der Waals surface area contributed by atoms with Crippen LogP contribution >= 0.6 is 0 Å². The molecule has 1 aromatic carbocycles. The Labute approximate surface area is 138 Å². The molecule has 4 heteroatoms. The van der Waals surface area contributed by atoms with Crippen LogP contribution in [-0.4, -0.2) is 35.8 Å². The lowest BCUT2D eigenvalue weighted by Crippen LogP contribution is -2.45. The fraction of sp³-hybridized carbons (Fsp3) is 0.579. The molecule has 0 N–H and O–H groups in total. The number of hydrogen-bond acceptors (Lipinski definition) is 2. The van der Waals surface area contributed by atoms with Crippen LogP contribution in [0, 0.1) is 19.8 Å². The number of rotatable bonds is 2. The summed E-state index contributed by atoms with van der Waals surface area (Å²) in [6, 6.07) is 6.42. The van der Waals surface area contributed by atoms with Gasteiger partial charge in [-0.1, -0.05) is 17.7 Å². The van der Waals surface area contributed by atoms with Crippen molar-refractivity contribution in [1.29, 1.82) is 0 Å². The summed E-state index contributed by atoms with van der Waals surface area (Å²) in [5, 5.41) is 0. The van der Waals surface area contributed by atoms with Gasteiger partial charge in [-0.25, -0.2) is 0 Å². The Kier molecular flexibility index (Phi) is 4.42. The highest BCUT2D eigenvalue weighted by molar-refractivity contribution is 6.00. The molecule has 0 bridgehead atoms. The zero-order valence-corrected chi connectivity index (χ0v) is 14.3. The molecule has 2 aliphatic rings. The fourth-order valence-corrected chi connectivity index (χ4v) is 3.87. The lowest BCUT2D eigenvalue weighted by Gasteiger charge is -2.35. The summed E-state index contributed by atoms with van der Waals surface area (Å²) in [5.74, 6) is 0.0431. The second kappa shape index (κ2) is 6.34. The SMILES string of the molecule is Cc1ccc(N2C[C@H](C(=O)N3CCCC[C@@H]3C)CC2=O)c(C)c1. The number of piperidine rings is 1. The van der Waals surface area contributed by atoms with Crippen molar-refractivity contribution >= 4 is 17.5 Å². The van der Waals surface area contributed by atoms with E-state index in [0.717, 1.165) is 30.6 Å². The molecule has 4 nitrogen and oxygen atoms in total. The van der Waals surface area contributed by atoms with Crippen molar-refractivity contribution < 1.29 is 9.59 Å². The van der Waals surface area contributed by atoms with E-state index in [-0.39, 0.29) is 17.7 Å². The van der Waals surface area contributed by atoms with Crippen LogP contribution in [0.1, 0.15) is 43.7 Å². The number of amides is 2. The van der Waals surface area contributed by atoms with Crippen LogP contribution in [0.3, 0.4) is 0 Å². The second-order valence-corrected chi connectivity index (χ2v) is 7.07. The molecular formula is C19H26N2O2. The molecule has 2 saturated heterocycles. The van der Waals surface area contributed by atoms with Crippen molar-refractivity contribution in [3.63, 3.8) is 0 Å². The Hall–Kier alpha value is -1.84. The van der Waals surface area contributed by atoms with E-state index in [4.69, 9.17) is 0 Å². The van der Waals surface area contributed by atoms with Gasteiger partial charge in [0.2, 0.25) is 11.8 Å². The van der Waals surface area contributed by atoms with Crippen molar-refractivity contribution in [2.75, 3.05) is 18.0 Å². The van der Waals surface area contributed by atoms with Gasteiger partial charge in [0.15, 0.2) is 0 Å². The van der Waals surface area contributed by atoms with E-state index in [1.54, 1.807) is 4.90 Å². The molecule has 124 valence electrons. The number of hydrogen-bond donors (Lipinski definition) is 0. The quantitative estimate of drug-likeness (QED) is 0.842. The number of likely N-dealkylation sites (tertiary alicyclic amines) is 1. The molecule has 23 heavy (non-hydrogen) atoms. The summed E-state index contributed by atoms with van der Waals surface area (Å²) in [4.78, 5) is 29.1. The zero-order chi connectivity index (χ0) is 16.6. The summed E-state index contributed by atoms with van der Waals surface area (Å²) < 4.78 is 0. The van der Waals surface area contributed by atoms with Gasteiger partial charge in [0.25, 0.3) is 0 Å². The number of benzene rings is 1. The van der Waals surface area contributed by atoms with Crippen LogP contribution in [0.4, 0.5) is 5.69 Å². The first kappa shape index (κ1) is 16.0. The summed E-state index contributed by atoms with van der Waals surface area (Å²) >= 11 is 0. The molecule has 0 radical (unpaired) electrons. The van der Waals surface area contributed by atoms with Gasteiger partial charge in [-0.2, -0.15) is 0 Å². The maximum Gasteiger partial charge on any atom is 0.228 e. The topological polar surface area (TPSA) is 40.6 Å². The van der Waals surface area contributed by atoms with Gasteiger partial charge in [-0.05, 0) is 51.7 Å². The van der Waals surface area contributed by atoms with Crippen LogP contribution in [-0.2, 0) is 9.59 Å². The van der Waals surface area contributed by atoms with Crippen molar-refractivity contribution in [2.24, 2.45) is 5.92 Å². The standard InChI is InChI=1S/C19H26N2O2/c1-13-7-8-17(14(2)10-13)21-12-16(11-18(21)22)19(23)20-9-5-4-6-15(20)3/h7-8,10,15-16H,4-6,9,11-12H2,1-3H3/t15-,16+/m0/s1. The predicted molar refractivity (Wildman–Crippen MR) is 91.4 cm³/mol. The molecule has 2 fully saturated rings. The molecule has 1 aromatic rings. The number of nitrogens with zero attached hydrogens (tertiary/aromatic N) is 2. The molecule has 0 aromatic heterocycles. The number of aryl methyl sites for hydroxylation is 2. The molecule has 2 aliphatic heterocycles. The maximum atomic E-state index is 12.8. The highest BCUT2D eigenvalue weighted by Gasteiger charge is 2.39. The Morgan fingerprint density at radius 1 is 1.22 bits per heavy atom. The fourth-order valence-electron chi connectivity index (χ4n) is 3.87. The zero-order valence-electron chi connectivity index (χ0n) is 14.3. The third-order valence-electron chi connectivity index (χ3n) is 5.20. The maximum absolute atomic E-state index is 12.8. The minimum absolute atomic E-state index is 0.0694. The van der Waals surface area contributed by atoms with E-state index in [9.17, 15) is 9.59 Å². The van der Waals surface area contributed by atoms with E-state index >= 15 is 0 Å². The summed E-state index contributed by atoms with van der Waals surface area (Å²) in [7, 11) is 0. The van der Waals surface area contributed by atoms with E-state index in [0.29, 0.717) is 19.0 Å². The van der Waals surface area contributed by atoms with E-state index < -0.39 is 0 Å². The van der Waals surface area contributed by atoms with Crippen molar-refractivity contribution in [2.45, 2.75) is 52.5 Å². The second-order valence-electron chi connectivity index (χ2n) is 7.07. The first-order valence-electron chi connectivity index (χ1n) is 8.65. The van der Waals surface area contributed by atoms with E-state index in [2.05, 4.69) is 13.0 Å². The molecule has 2 amide bonds. The summed E-state index contributed by atoms with van der Waals surface area (Å²) in [6.45, 7) is 7.55. The highest BCUT2D eigenvalue weighted by atomic mass is 16.2. The number of carbonyl (C=O) groups is 2. The van der Waals surface area contributed by atoms with Crippen LogP contribution in [0.2, 0.25) is 0 Å². The van der Waals surface area contributed by atoms with Gasteiger partial charge in [0.1, 0.15) is 0 Å². The summed E-state index contributed by atoms with van der Waals surface area (Å²) in [5.41, 5.74) is 3.23. The van der Waals surface area contributed by atoms with Crippen molar-refractivity contribution in [3.8, 4) is 0 Å². The van der Waals surface area contributed by atoms with Crippen LogP contribution < -0.4 is 4.90 Å².